The summed E-state index contributed by atoms with van der Waals surface area (Å²) in [5, 5.41) is 17.2. The molecule has 0 unspecified atom stereocenters. The van der Waals surface area contributed by atoms with Gasteiger partial charge in [0.15, 0.2) is 9.34 Å². The molecule has 9 heteroatoms. The maximum Gasteiger partial charge on any atom is 0.303 e. The first kappa shape index (κ1) is 15.9. The smallest absolute Gasteiger partial charge is 0.303 e. The second-order valence-electron chi connectivity index (χ2n) is 4.84. The van der Waals surface area contributed by atoms with Crippen LogP contribution in [0.2, 0.25) is 0 Å². The Balaban J connectivity index is 2.86. The molecule has 4 N–H and O–H groups in total. The highest BCUT2D eigenvalue weighted by Gasteiger charge is 2.23. The number of hydrogen-bond acceptors (Lipinski definition) is 6. The van der Waals surface area contributed by atoms with Gasteiger partial charge in [-0.05, 0) is 27.2 Å². The molecule has 1 rings (SSSR count). The van der Waals surface area contributed by atoms with E-state index in [1.807, 2.05) is 13.8 Å². The van der Waals surface area contributed by atoms with Crippen LogP contribution in [0.3, 0.4) is 0 Å². The number of carbonyl (C=O) groups is 1. The lowest BCUT2D eigenvalue weighted by Gasteiger charge is -2.25. The fourth-order valence-electron chi connectivity index (χ4n) is 1.47. The molecule has 0 aliphatic heterocycles. The van der Waals surface area contributed by atoms with E-state index in [2.05, 4.69) is 10.3 Å². The molecule has 0 amide bonds. The van der Waals surface area contributed by atoms with E-state index < -0.39 is 21.5 Å². The maximum absolute atomic E-state index is 11.3. The quantitative estimate of drug-likeness (QED) is 0.724. The average molecular weight is 307 g/mol. The largest absolute Gasteiger partial charge is 0.481 e. The van der Waals surface area contributed by atoms with Crippen LogP contribution >= 0.6 is 11.3 Å². The standard InChI is InChI=1S/C10H17N3O4S2/c1-6-8(19(11,16)17)18-9(12-6)13-10(2,3)5-4-7(14)15/h4-5H2,1-3H3,(H,12,13)(H,14,15)(H2,11,16,17). The van der Waals surface area contributed by atoms with Crippen LogP contribution in [0.5, 0.6) is 0 Å². The molecule has 0 aliphatic rings. The van der Waals surface area contributed by atoms with Crippen molar-refractivity contribution < 1.29 is 18.3 Å². The topological polar surface area (TPSA) is 122 Å². The number of anilines is 1. The number of hydrogen-bond donors (Lipinski definition) is 3. The van der Waals surface area contributed by atoms with Crippen LogP contribution in [-0.2, 0) is 14.8 Å². The zero-order valence-corrected chi connectivity index (χ0v) is 12.6. The molecule has 7 nitrogen and oxygen atoms in total. The predicted octanol–water partition coefficient (Wildman–Crippen LogP) is 1.15. The lowest BCUT2D eigenvalue weighted by Crippen LogP contribution is -2.31. The Morgan fingerprint density at radius 1 is 1.53 bits per heavy atom. The molecule has 0 radical (unpaired) electrons. The van der Waals surface area contributed by atoms with Crippen LogP contribution in [-0.4, -0.2) is 30.0 Å². The number of aromatic nitrogens is 1. The molecule has 0 atom stereocenters. The number of carboxylic acid groups (broad SMARTS) is 1. The van der Waals surface area contributed by atoms with E-state index >= 15 is 0 Å². The van der Waals surface area contributed by atoms with Crippen LogP contribution in [0.1, 0.15) is 32.4 Å². The normalized spacial score (nSPS) is 12.4. The molecule has 1 aromatic heterocycles. The third-order valence-corrected chi connectivity index (χ3v) is 5.05. The van der Waals surface area contributed by atoms with Crippen molar-refractivity contribution in [3.05, 3.63) is 5.69 Å². The van der Waals surface area contributed by atoms with Crippen molar-refractivity contribution >= 4 is 32.5 Å². The first-order valence-electron chi connectivity index (χ1n) is 5.51. The van der Waals surface area contributed by atoms with Gasteiger partial charge in [-0.1, -0.05) is 11.3 Å². The summed E-state index contributed by atoms with van der Waals surface area (Å²) >= 11 is 0.945. The lowest BCUT2D eigenvalue weighted by atomic mass is 9.99. The highest BCUT2D eigenvalue weighted by molar-refractivity contribution is 7.91. The summed E-state index contributed by atoms with van der Waals surface area (Å²) in [5.74, 6) is -0.879. The predicted molar refractivity (Wildman–Crippen MR) is 72.8 cm³/mol. The van der Waals surface area contributed by atoms with Crippen LogP contribution in [0, 0.1) is 6.92 Å². The Kier molecular flexibility index (Phi) is 4.54. The zero-order valence-electron chi connectivity index (χ0n) is 10.9. The molecule has 0 aromatic carbocycles. The van der Waals surface area contributed by atoms with E-state index in [1.54, 1.807) is 6.92 Å². The SMILES string of the molecule is Cc1nc(NC(C)(C)CCC(=O)O)sc1S(N)(=O)=O. The van der Waals surface area contributed by atoms with Crippen LogP contribution in [0.15, 0.2) is 4.21 Å². The second kappa shape index (κ2) is 5.43. The number of nitrogens with two attached hydrogens (primary N) is 1. The van der Waals surface area contributed by atoms with E-state index in [9.17, 15) is 13.2 Å². The van der Waals surface area contributed by atoms with Gasteiger partial charge in [0.25, 0.3) is 0 Å². The molecular formula is C10H17N3O4S2. The number of sulfonamides is 1. The van der Waals surface area contributed by atoms with Crippen LogP contribution in [0.4, 0.5) is 5.13 Å². The van der Waals surface area contributed by atoms with Gasteiger partial charge in [-0.2, -0.15) is 0 Å². The van der Waals surface area contributed by atoms with Crippen molar-refractivity contribution in [2.45, 2.75) is 43.4 Å². The van der Waals surface area contributed by atoms with Gasteiger partial charge >= 0.3 is 5.97 Å². The van der Waals surface area contributed by atoms with Gasteiger partial charge in [0.2, 0.25) is 10.0 Å². The molecule has 108 valence electrons. The van der Waals surface area contributed by atoms with Gasteiger partial charge in [-0.15, -0.1) is 0 Å². The van der Waals surface area contributed by atoms with Crippen molar-refractivity contribution in [1.29, 1.82) is 0 Å². The van der Waals surface area contributed by atoms with E-state index in [0.29, 0.717) is 17.2 Å². The molecule has 19 heavy (non-hydrogen) atoms. The van der Waals surface area contributed by atoms with E-state index in [1.165, 1.54) is 0 Å². The van der Waals surface area contributed by atoms with Crippen molar-refractivity contribution in [2.24, 2.45) is 5.14 Å². The van der Waals surface area contributed by atoms with E-state index in [-0.39, 0.29) is 10.6 Å². The van der Waals surface area contributed by atoms with E-state index in [0.717, 1.165) is 11.3 Å². The number of aliphatic carboxylic acids is 1. The van der Waals surface area contributed by atoms with E-state index in [4.69, 9.17) is 10.2 Å². The molecule has 1 aromatic rings. The average Bonchev–Trinajstić information content (AvgIpc) is 2.55. The van der Waals surface area contributed by atoms with Gasteiger partial charge in [-0.25, -0.2) is 18.5 Å². The van der Waals surface area contributed by atoms with Crippen LogP contribution < -0.4 is 10.5 Å². The Labute approximate surface area is 115 Å². The van der Waals surface area contributed by atoms with Gasteiger partial charge < -0.3 is 10.4 Å². The minimum Gasteiger partial charge on any atom is -0.481 e. The number of rotatable bonds is 6. The van der Waals surface area contributed by atoms with Gasteiger partial charge in [0, 0.05) is 12.0 Å². The summed E-state index contributed by atoms with van der Waals surface area (Å²) in [6, 6.07) is 0. The molecule has 0 saturated heterocycles. The molecule has 0 aliphatic carbocycles. The van der Waals surface area contributed by atoms with Gasteiger partial charge in [-0.3, -0.25) is 4.79 Å². The Morgan fingerprint density at radius 2 is 2.11 bits per heavy atom. The molecule has 0 saturated carbocycles. The molecule has 0 spiro atoms. The van der Waals surface area contributed by atoms with Crippen molar-refractivity contribution in [3.63, 3.8) is 0 Å². The Bertz CT molecular complexity index is 578. The third kappa shape index (κ3) is 4.77. The van der Waals surface area contributed by atoms with Crippen LogP contribution in [0.25, 0.3) is 0 Å². The number of primary sulfonamides is 1. The maximum atomic E-state index is 11.3. The number of aryl methyl sites for hydroxylation is 1. The fraction of sp³-hybridized carbons (Fsp3) is 0.600. The molecule has 1 heterocycles. The monoisotopic (exact) mass is 307 g/mol. The molecule has 0 bridgehead atoms. The molecule has 0 fully saturated rings. The van der Waals surface area contributed by atoms with Crippen molar-refractivity contribution in [1.82, 2.24) is 4.98 Å². The van der Waals surface area contributed by atoms with Crippen molar-refractivity contribution in [3.8, 4) is 0 Å². The van der Waals surface area contributed by atoms with Crippen molar-refractivity contribution in [2.75, 3.05) is 5.32 Å². The number of carboxylic acids is 1. The minimum atomic E-state index is -3.77. The van der Waals surface area contributed by atoms with Gasteiger partial charge in [0.1, 0.15) is 0 Å². The summed E-state index contributed by atoms with van der Waals surface area (Å²) in [5.41, 5.74) is -0.165. The minimum absolute atomic E-state index is 0.0176. The third-order valence-electron chi connectivity index (χ3n) is 2.42. The summed E-state index contributed by atoms with van der Waals surface area (Å²) in [7, 11) is -3.77. The summed E-state index contributed by atoms with van der Waals surface area (Å²) in [6.07, 6.45) is 0.415. The summed E-state index contributed by atoms with van der Waals surface area (Å²) in [4.78, 5) is 14.6. The fourth-order valence-corrected chi connectivity index (χ4v) is 3.51. The Morgan fingerprint density at radius 3 is 2.53 bits per heavy atom. The number of nitrogens with zero attached hydrogens (tertiary/aromatic N) is 1. The number of thiazole rings is 1. The zero-order chi connectivity index (χ0) is 14.8. The first-order valence-corrected chi connectivity index (χ1v) is 7.88. The summed E-state index contributed by atoms with van der Waals surface area (Å²) in [6.45, 7) is 5.21. The lowest BCUT2D eigenvalue weighted by molar-refractivity contribution is -0.137. The Hall–Kier alpha value is -1.19. The second-order valence-corrected chi connectivity index (χ2v) is 7.60. The highest BCUT2D eigenvalue weighted by atomic mass is 32.2. The first-order chi connectivity index (χ1) is 8.51. The van der Waals surface area contributed by atoms with Gasteiger partial charge in [0.05, 0.1) is 5.69 Å². The number of nitrogens with one attached hydrogen (secondary N) is 1. The molecular weight excluding hydrogens is 290 g/mol. The highest BCUT2D eigenvalue weighted by Crippen LogP contribution is 2.29. The summed E-state index contributed by atoms with van der Waals surface area (Å²) < 4.78 is 22.6.